The Bertz CT molecular complexity index is 904. The van der Waals surface area contributed by atoms with Crippen LogP contribution in [-0.2, 0) is 9.53 Å². The molecule has 3 rings (SSSR count). The Morgan fingerprint density at radius 3 is 2.57 bits per heavy atom. The number of urea groups is 1. The number of anilines is 1. The summed E-state index contributed by atoms with van der Waals surface area (Å²) in [5.41, 5.74) is 0.928. The van der Waals surface area contributed by atoms with Crippen molar-refractivity contribution in [2.45, 2.75) is 58.6 Å². The molecule has 1 aliphatic heterocycles. The Morgan fingerprint density at radius 2 is 1.94 bits per heavy atom. The van der Waals surface area contributed by atoms with Crippen molar-refractivity contribution in [1.29, 1.82) is 0 Å². The van der Waals surface area contributed by atoms with Crippen LogP contribution in [-0.4, -0.2) is 80.2 Å². The molecule has 9 heteroatoms. The van der Waals surface area contributed by atoms with Gasteiger partial charge < -0.3 is 29.9 Å². The van der Waals surface area contributed by atoms with E-state index in [4.69, 9.17) is 9.47 Å². The number of hydrogen-bond acceptors (Lipinski definition) is 5. The number of nitrogens with one attached hydrogen (secondary N) is 2. The van der Waals surface area contributed by atoms with Crippen molar-refractivity contribution >= 4 is 23.5 Å². The Hall–Kier alpha value is -2.81. The first-order chi connectivity index (χ1) is 16.7. The summed E-state index contributed by atoms with van der Waals surface area (Å²) in [5, 5.41) is 5.56. The second kappa shape index (κ2) is 12.2. The molecular weight excluding hydrogens is 448 g/mol. The van der Waals surface area contributed by atoms with Crippen molar-refractivity contribution in [2.24, 2.45) is 11.8 Å². The first-order valence-electron chi connectivity index (χ1n) is 12.7. The molecule has 4 amide bonds. The standard InChI is InChI=1S/C26H40N4O5/c1-6-12-27-26(33)28-20-10-11-21-22(13-20)35-16-18(3)30(24(31)19-8-7-9-19)14-17(2)23(34-5)15-29(4)25(21)32/h10-11,13,17-19,23H,6-9,12,14-16H2,1-5H3,(H2,27,28,33)/t17-,18+,23-/m0/s1. The quantitative estimate of drug-likeness (QED) is 0.662. The monoisotopic (exact) mass is 488 g/mol. The fourth-order valence-corrected chi connectivity index (χ4v) is 4.46. The van der Waals surface area contributed by atoms with Gasteiger partial charge in [0.05, 0.1) is 17.7 Å². The Kier molecular flexibility index (Phi) is 9.37. The maximum absolute atomic E-state index is 13.3. The molecule has 0 unspecified atom stereocenters. The van der Waals surface area contributed by atoms with Crippen LogP contribution in [0.15, 0.2) is 18.2 Å². The summed E-state index contributed by atoms with van der Waals surface area (Å²) in [6.07, 6.45) is 3.56. The number of methoxy groups -OCH3 is 1. The first-order valence-corrected chi connectivity index (χ1v) is 12.7. The highest BCUT2D eigenvalue weighted by Gasteiger charge is 2.35. The number of nitrogens with zero attached hydrogens (tertiary/aromatic N) is 2. The van der Waals surface area contributed by atoms with E-state index in [9.17, 15) is 14.4 Å². The molecule has 0 radical (unpaired) electrons. The third kappa shape index (κ3) is 6.66. The molecule has 1 aliphatic carbocycles. The van der Waals surface area contributed by atoms with Crippen LogP contribution in [0.2, 0.25) is 0 Å². The van der Waals surface area contributed by atoms with Crippen LogP contribution < -0.4 is 15.4 Å². The summed E-state index contributed by atoms with van der Waals surface area (Å²) in [4.78, 5) is 42.3. The molecule has 1 saturated carbocycles. The predicted octanol–water partition coefficient (Wildman–Crippen LogP) is 3.35. The van der Waals surface area contributed by atoms with Gasteiger partial charge in [-0.1, -0.05) is 20.3 Å². The minimum atomic E-state index is -0.314. The molecule has 9 nitrogen and oxygen atoms in total. The lowest BCUT2D eigenvalue weighted by Gasteiger charge is -2.39. The second-order valence-electron chi connectivity index (χ2n) is 9.81. The van der Waals surface area contributed by atoms with Gasteiger partial charge in [0.2, 0.25) is 5.91 Å². The van der Waals surface area contributed by atoms with Gasteiger partial charge in [-0.3, -0.25) is 9.59 Å². The number of likely N-dealkylation sites (N-methyl/N-ethyl adjacent to an activating group) is 1. The predicted molar refractivity (Wildman–Crippen MR) is 135 cm³/mol. The lowest BCUT2D eigenvalue weighted by molar-refractivity contribution is -0.142. The minimum absolute atomic E-state index is 0.0360. The molecule has 0 aromatic heterocycles. The van der Waals surface area contributed by atoms with Crippen LogP contribution in [0.4, 0.5) is 10.5 Å². The third-order valence-electron chi connectivity index (χ3n) is 6.98. The summed E-state index contributed by atoms with van der Waals surface area (Å²) >= 11 is 0. The third-order valence-corrected chi connectivity index (χ3v) is 6.98. The van der Waals surface area contributed by atoms with Crippen molar-refractivity contribution in [2.75, 3.05) is 45.7 Å². The number of benzene rings is 1. The van der Waals surface area contributed by atoms with Crippen LogP contribution in [0.1, 0.15) is 56.8 Å². The highest BCUT2D eigenvalue weighted by molar-refractivity contribution is 5.98. The van der Waals surface area contributed by atoms with Gasteiger partial charge in [0.1, 0.15) is 12.4 Å². The van der Waals surface area contributed by atoms with Crippen molar-refractivity contribution in [3.63, 3.8) is 0 Å². The number of ether oxygens (including phenoxy) is 2. The molecule has 0 saturated heterocycles. The molecule has 2 N–H and O–H groups in total. The summed E-state index contributed by atoms with van der Waals surface area (Å²) < 4.78 is 11.9. The van der Waals surface area contributed by atoms with Crippen LogP contribution in [0.25, 0.3) is 0 Å². The summed E-state index contributed by atoms with van der Waals surface area (Å²) in [7, 11) is 3.38. The number of rotatable bonds is 5. The van der Waals surface area contributed by atoms with Gasteiger partial charge in [0.25, 0.3) is 5.91 Å². The van der Waals surface area contributed by atoms with Crippen molar-refractivity contribution in [1.82, 2.24) is 15.1 Å². The Labute approximate surface area is 208 Å². The smallest absolute Gasteiger partial charge is 0.319 e. The van der Waals surface area contributed by atoms with E-state index in [2.05, 4.69) is 17.6 Å². The Balaban J connectivity index is 1.90. The van der Waals surface area contributed by atoms with Gasteiger partial charge in [-0.2, -0.15) is 0 Å². The van der Waals surface area contributed by atoms with E-state index >= 15 is 0 Å². The molecule has 0 spiro atoms. The van der Waals surface area contributed by atoms with Gasteiger partial charge in [0.15, 0.2) is 0 Å². The molecular formula is C26H40N4O5. The molecule has 3 atom stereocenters. The molecule has 1 fully saturated rings. The average Bonchev–Trinajstić information content (AvgIpc) is 2.80. The fraction of sp³-hybridized carbons (Fsp3) is 0.654. The zero-order valence-corrected chi connectivity index (χ0v) is 21.6. The van der Waals surface area contributed by atoms with E-state index in [1.165, 1.54) is 0 Å². The van der Waals surface area contributed by atoms with Crippen molar-refractivity contribution < 1.29 is 23.9 Å². The second-order valence-corrected chi connectivity index (χ2v) is 9.81. The highest BCUT2D eigenvalue weighted by atomic mass is 16.5. The normalized spacial score (nSPS) is 23.8. The zero-order valence-electron chi connectivity index (χ0n) is 21.6. The van der Waals surface area contributed by atoms with Crippen LogP contribution in [0.3, 0.4) is 0 Å². The molecule has 2 aliphatic rings. The van der Waals surface area contributed by atoms with E-state index in [1.54, 1.807) is 37.3 Å². The number of carbonyl (C=O) groups is 3. The lowest BCUT2D eigenvalue weighted by atomic mass is 9.83. The molecule has 1 aromatic carbocycles. The van der Waals surface area contributed by atoms with E-state index in [0.717, 1.165) is 25.7 Å². The number of amides is 4. The van der Waals surface area contributed by atoms with Gasteiger partial charge in [-0.25, -0.2) is 4.79 Å². The topological polar surface area (TPSA) is 100 Å². The fourth-order valence-electron chi connectivity index (χ4n) is 4.46. The number of hydrogen-bond donors (Lipinski definition) is 2. The lowest BCUT2D eigenvalue weighted by Crippen LogP contribution is -2.51. The highest BCUT2D eigenvalue weighted by Crippen LogP contribution is 2.31. The molecule has 0 bridgehead atoms. The maximum atomic E-state index is 13.3. The SMILES string of the molecule is CCCNC(=O)Nc1ccc2c(c1)OC[C@@H](C)N(C(=O)C1CCC1)C[C@H](C)[C@@H](OC)CN(C)C2=O. The van der Waals surface area contributed by atoms with Gasteiger partial charge in [-0.05, 0) is 38.3 Å². The first kappa shape index (κ1) is 26.8. The van der Waals surface area contributed by atoms with Crippen molar-refractivity contribution in [3.05, 3.63) is 23.8 Å². The van der Waals surface area contributed by atoms with Gasteiger partial charge >= 0.3 is 6.03 Å². The van der Waals surface area contributed by atoms with Crippen LogP contribution in [0, 0.1) is 11.8 Å². The average molecular weight is 489 g/mol. The maximum Gasteiger partial charge on any atom is 0.319 e. The van der Waals surface area contributed by atoms with E-state index in [1.807, 2.05) is 18.7 Å². The van der Waals surface area contributed by atoms with Crippen LogP contribution in [0.5, 0.6) is 5.75 Å². The largest absolute Gasteiger partial charge is 0.491 e. The zero-order chi connectivity index (χ0) is 25.5. The van der Waals surface area contributed by atoms with Gasteiger partial charge in [-0.15, -0.1) is 0 Å². The van der Waals surface area contributed by atoms with Crippen LogP contribution >= 0.6 is 0 Å². The molecule has 194 valence electrons. The molecule has 1 heterocycles. The number of fused-ring (bicyclic) bond motifs is 1. The molecule has 35 heavy (non-hydrogen) atoms. The summed E-state index contributed by atoms with van der Waals surface area (Å²) in [6.45, 7) is 7.73. The van der Waals surface area contributed by atoms with E-state index in [0.29, 0.717) is 36.6 Å². The van der Waals surface area contributed by atoms with E-state index in [-0.39, 0.29) is 48.4 Å². The Morgan fingerprint density at radius 1 is 1.20 bits per heavy atom. The van der Waals surface area contributed by atoms with E-state index < -0.39 is 0 Å². The molecule has 1 aromatic rings. The summed E-state index contributed by atoms with van der Waals surface area (Å²) in [5.74, 6) is 0.465. The minimum Gasteiger partial charge on any atom is -0.491 e. The summed E-state index contributed by atoms with van der Waals surface area (Å²) in [6, 6.07) is 4.53. The van der Waals surface area contributed by atoms with Gasteiger partial charge in [0, 0.05) is 57.4 Å². The number of carbonyl (C=O) groups excluding carboxylic acids is 3. The van der Waals surface area contributed by atoms with Crippen molar-refractivity contribution in [3.8, 4) is 5.75 Å².